The molecule has 242 valence electrons. The highest BCUT2D eigenvalue weighted by Crippen LogP contribution is 2.42. The molecule has 0 saturated carbocycles. The normalized spacial score (nSPS) is 13.4. The number of allylic oxidation sites excluding steroid dienone is 2. The number of anilines is 3. The first-order valence-corrected chi connectivity index (χ1v) is 17.0. The molecule has 5 heteroatoms. The predicted octanol–water partition coefficient (Wildman–Crippen LogP) is 11.3. The van der Waals surface area contributed by atoms with Gasteiger partial charge in [0.15, 0.2) is 0 Å². The first kappa shape index (κ1) is 30.1. The summed E-state index contributed by atoms with van der Waals surface area (Å²) < 4.78 is 2.34. The molecular formula is C46H33N5. The minimum Gasteiger partial charge on any atom is -0.358 e. The second-order valence-corrected chi connectivity index (χ2v) is 12.5. The molecule has 0 fully saturated rings. The van der Waals surface area contributed by atoms with Gasteiger partial charge in [-0.1, -0.05) is 115 Å². The van der Waals surface area contributed by atoms with Crippen LogP contribution >= 0.6 is 0 Å². The van der Waals surface area contributed by atoms with Gasteiger partial charge in [0, 0.05) is 56.8 Å². The van der Waals surface area contributed by atoms with Crippen LogP contribution in [0.4, 0.5) is 17.1 Å². The highest BCUT2D eigenvalue weighted by Gasteiger charge is 2.20. The molecule has 1 aliphatic heterocycles. The predicted molar refractivity (Wildman–Crippen MR) is 214 cm³/mol. The average molecular weight is 656 g/mol. The number of hydrogen-bond donors (Lipinski definition) is 2. The Kier molecular flexibility index (Phi) is 7.56. The Bertz CT molecular complexity index is 2660. The van der Waals surface area contributed by atoms with E-state index >= 15 is 0 Å². The van der Waals surface area contributed by atoms with Crippen LogP contribution in [0.25, 0.3) is 43.8 Å². The van der Waals surface area contributed by atoms with E-state index in [-0.39, 0.29) is 0 Å². The molecule has 2 N–H and O–H groups in total. The molecule has 5 nitrogen and oxygen atoms in total. The van der Waals surface area contributed by atoms with Crippen molar-refractivity contribution in [3.8, 4) is 5.69 Å². The van der Waals surface area contributed by atoms with Crippen LogP contribution in [0.1, 0.15) is 11.1 Å². The summed E-state index contributed by atoms with van der Waals surface area (Å²) in [5.74, 6) is 0. The lowest BCUT2D eigenvalue weighted by atomic mass is 9.93. The summed E-state index contributed by atoms with van der Waals surface area (Å²) in [6.45, 7) is 0. The largest absolute Gasteiger partial charge is 0.358 e. The van der Waals surface area contributed by atoms with Crippen molar-refractivity contribution in [1.82, 2.24) is 9.88 Å². The lowest BCUT2D eigenvalue weighted by Crippen LogP contribution is -2.17. The van der Waals surface area contributed by atoms with Gasteiger partial charge in [0.25, 0.3) is 0 Å². The number of nitrogens with zero attached hydrogens (tertiary/aromatic N) is 3. The molecule has 2 heterocycles. The topological polar surface area (TPSA) is 56.4 Å². The molecule has 1 aromatic heterocycles. The van der Waals surface area contributed by atoms with Gasteiger partial charge in [-0.15, -0.1) is 0 Å². The van der Waals surface area contributed by atoms with E-state index in [1.54, 1.807) is 18.6 Å². The number of hydrogen-bond acceptors (Lipinski definition) is 4. The maximum atomic E-state index is 9.42. The van der Waals surface area contributed by atoms with Gasteiger partial charge >= 0.3 is 0 Å². The maximum Gasteiger partial charge on any atom is 0.0712 e. The average Bonchev–Trinajstić information content (AvgIpc) is 3.53. The molecule has 1 aliphatic rings. The molecule has 51 heavy (non-hydrogen) atoms. The molecule has 9 rings (SSSR count). The maximum absolute atomic E-state index is 9.42. The molecule has 0 unspecified atom stereocenters. The first-order valence-electron chi connectivity index (χ1n) is 17.0. The van der Waals surface area contributed by atoms with Crippen molar-refractivity contribution in [3.63, 3.8) is 0 Å². The fourth-order valence-electron chi connectivity index (χ4n) is 7.21. The van der Waals surface area contributed by atoms with E-state index in [1.165, 1.54) is 21.7 Å². The van der Waals surface area contributed by atoms with Crippen LogP contribution in [-0.2, 0) is 0 Å². The fourth-order valence-corrected chi connectivity index (χ4v) is 7.21. The monoisotopic (exact) mass is 655 g/mol. The smallest absolute Gasteiger partial charge is 0.0712 e. The number of nitrogens with one attached hydrogen (secondary N) is 2. The summed E-state index contributed by atoms with van der Waals surface area (Å²) in [6, 6.07) is 59.4. The van der Waals surface area contributed by atoms with Crippen molar-refractivity contribution in [3.05, 3.63) is 199 Å². The van der Waals surface area contributed by atoms with Gasteiger partial charge in [-0.2, -0.15) is 0 Å². The van der Waals surface area contributed by atoms with Crippen LogP contribution in [0.15, 0.2) is 193 Å². The minimum atomic E-state index is 0.420. The molecule has 0 amide bonds. The van der Waals surface area contributed by atoms with E-state index in [0.717, 1.165) is 56.0 Å². The summed E-state index contributed by atoms with van der Waals surface area (Å²) in [5.41, 5.74) is 10.4. The standard InChI is InChI=1S/C46H33N5/c47-46(45(33-13-3-1-4-14-33)41-31-48-28-29-49-41)34-22-24-36(25-23-34)50(42-21-11-15-32-12-7-8-18-38(32)42)37-26-27-44-40(30-37)39-19-9-10-20-43(39)51(44)35-16-5-2-6-17-35/h1-31,47,49H. The number of rotatable bonds is 7. The number of aromatic nitrogens is 1. The zero-order valence-electron chi connectivity index (χ0n) is 27.7. The third-order valence-corrected chi connectivity index (χ3v) is 9.54. The fraction of sp³-hybridized carbons (Fsp3) is 0. The van der Waals surface area contributed by atoms with Crippen LogP contribution in [-0.4, -0.2) is 16.5 Å². The Morgan fingerprint density at radius 3 is 2.02 bits per heavy atom. The number of para-hydroxylation sites is 2. The molecule has 8 aromatic rings. The van der Waals surface area contributed by atoms with Crippen molar-refractivity contribution >= 4 is 67.1 Å². The van der Waals surface area contributed by atoms with Crippen LogP contribution in [0, 0.1) is 5.41 Å². The summed E-state index contributed by atoms with van der Waals surface area (Å²) in [6.07, 6.45) is 5.28. The summed E-state index contributed by atoms with van der Waals surface area (Å²) >= 11 is 0. The number of benzene rings is 7. The Hall–Kier alpha value is -6.98. The second-order valence-electron chi connectivity index (χ2n) is 12.5. The Labute approximate surface area is 296 Å². The van der Waals surface area contributed by atoms with E-state index in [1.807, 2.05) is 30.3 Å². The van der Waals surface area contributed by atoms with Gasteiger partial charge in [0.1, 0.15) is 0 Å². The van der Waals surface area contributed by atoms with Crippen molar-refractivity contribution in [1.29, 1.82) is 5.41 Å². The van der Waals surface area contributed by atoms with E-state index in [2.05, 4.69) is 159 Å². The van der Waals surface area contributed by atoms with E-state index < -0.39 is 0 Å². The van der Waals surface area contributed by atoms with E-state index in [0.29, 0.717) is 5.71 Å². The Morgan fingerprint density at radius 1 is 0.569 bits per heavy atom. The van der Waals surface area contributed by atoms with E-state index in [4.69, 9.17) is 0 Å². The summed E-state index contributed by atoms with van der Waals surface area (Å²) in [5, 5.41) is 17.4. The van der Waals surface area contributed by atoms with Crippen LogP contribution in [0.2, 0.25) is 0 Å². The zero-order valence-corrected chi connectivity index (χ0v) is 27.7. The molecule has 0 atom stereocenters. The van der Waals surface area contributed by atoms with Gasteiger partial charge < -0.3 is 14.8 Å². The van der Waals surface area contributed by atoms with Crippen LogP contribution in [0.3, 0.4) is 0 Å². The number of fused-ring (bicyclic) bond motifs is 4. The lowest BCUT2D eigenvalue weighted by Gasteiger charge is -2.27. The van der Waals surface area contributed by atoms with Crippen molar-refractivity contribution < 1.29 is 0 Å². The van der Waals surface area contributed by atoms with Crippen molar-refractivity contribution in [2.45, 2.75) is 0 Å². The summed E-state index contributed by atoms with van der Waals surface area (Å²) in [7, 11) is 0. The Morgan fingerprint density at radius 2 is 1.24 bits per heavy atom. The molecule has 0 saturated heterocycles. The molecular weight excluding hydrogens is 623 g/mol. The van der Waals surface area contributed by atoms with Gasteiger partial charge in [0.2, 0.25) is 0 Å². The minimum absolute atomic E-state index is 0.420. The molecule has 0 bridgehead atoms. The lowest BCUT2D eigenvalue weighted by molar-refractivity contribution is 1.12. The van der Waals surface area contributed by atoms with Gasteiger partial charge in [-0.3, -0.25) is 10.4 Å². The second kappa shape index (κ2) is 12.8. The number of aliphatic imine (C=N–C) groups is 1. The quantitative estimate of drug-likeness (QED) is 0.168. The van der Waals surface area contributed by atoms with Gasteiger partial charge in [0.05, 0.1) is 34.3 Å². The van der Waals surface area contributed by atoms with Crippen molar-refractivity contribution in [2.75, 3.05) is 4.90 Å². The third-order valence-electron chi connectivity index (χ3n) is 9.54. The summed E-state index contributed by atoms with van der Waals surface area (Å²) in [4.78, 5) is 6.67. The van der Waals surface area contributed by atoms with E-state index in [9.17, 15) is 5.41 Å². The van der Waals surface area contributed by atoms with Gasteiger partial charge in [-0.25, -0.2) is 0 Å². The Balaban J connectivity index is 1.20. The molecule has 7 aromatic carbocycles. The first-order chi connectivity index (χ1) is 25.2. The molecule has 0 radical (unpaired) electrons. The van der Waals surface area contributed by atoms with Gasteiger partial charge in [-0.05, 0) is 65.5 Å². The van der Waals surface area contributed by atoms with Crippen LogP contribution in [0.5, 0.6) is 0 Å². The SMILES string of the molecule is N=C(C(=C1C=NC=CN1)c1ccccc1)c1ccc(N(c2ccc3c(c2)c2ccccc2n3-c2ccccc2)c2cccc3ccccc23)cc1. The van der Waals surface area contributed by atoms with Crippen molar-refractivity contribution in [2.24, 2.45) is 4.99 Å². The molecule has 0 aliphatic carbocycles. The van der Waals surface area contributed by atoms with Crippen LogP contribution < -0.4 is 10.2 Å². The highest BCUT2D eigenvalue weighted by molar-refractivity contribution is 6.33. The molecule has 0 spiro atoms. The zero-order chi connectivity index (χ0) is 34.1. The third kappa shape index (κ3) is 5.38. The highest BCUT2D eigenvalue weighted by atomic mass is 15.1.